The van der Waals surface area contributed by atoms with Crippen LogP contribution < -0.4 is 0 Å². The van der Waals surface area contributed by atoms with E-state index in [1.807, 2.05) is 7.05 Å². The Hall–Kier alpha value is -1.03. The molecule has 1 N–H and O–H groups in total. The SMILES string of the molecule is Cn1nc(C2CC2)c(CCCC(=O)O)c1Cl. The van der Waals surface area contributed by atoms with Crippen LogP contribution in [0.3, 0.4) is 0 Å². The molecule has 0 amide bonds. The van der Waals surface area contributed by atoms with Crippen LogP contribution in [-0.4, -0.2) is 20.9 Å². The molecule has 5 heteroatoms. The number of rotatable bonds is 5. The van der Waals surface area contributed by atoms with Gasteiger partial charge in [0.15, 0.2) is 0 Å². The van der Waals surface area contributed by atoms with Crippen molar-refractivity contribution in [1.82, 2.24) is 9.78 Å². The van der Waals surface area contributed by atoms with Gasteiger partial charge in [-0.05, 0) is 25.7 Å². The Bertz CT molecular complexity index is 410. The van der Waals surface area contributed by atoms with E-state index in [4.69, 9.17) is 16.7 Å². The summed E-state index contributed by atoms with van der Waals surface area (Å²) in [6.07, 6.45) is 3.89. The van der Waals surface area contributed by atoms with Gasteiger partial charge in [0.2, 0.25) is 0 Å². The van der Waals surface area contributed by atoms with Crippen molar-refractivity contribution in [3.05, 3.63) is 16.4 Å². The molecule has 1 aliphatic rings. The van der Waals surface area contributed by atoms with E-state index in [2.05, 4.69) is 5.10 Å². The molecule has 0 unspecified atom stereocenters. The van der Waals surface area contributed by atoms with E-state index in [0.717, 1.165) is 11.3 Å². The minimum absolute atomic E-state index is 0.190. The van der Waals surface area contributed by atoms with Crippen molar-refractivity contribution < 1.29 is 9.90 Å². The number of aryl methyl sites for hydroxylation is 1. The molecule has 1 saturated carbocycles. The zero-order valence-electron chi connectivity index (χ0n) is 9.24. The number of carbonyl (C=O) groups is 1. The molecule has 16 heavy (non-hydrogen) atoms. The Morgan fingerprint density at radius 1 is 1.62 bits per heavy atom. The molecule has 1 aromatic rings. The lowest BCUT2D eigenvalue weighted by molar-refractivity contribution is -0.137. The van der Waals surface area contributed by atoms with Gasteiger partial charge in [0.25, 0.3) is 0 Å². The highest BCUT2D eigenvalue weighted by Crippen LogP contribution is 2.42. The second kappa shape index (κ2) is 4.45. The fourth-order valence-corrected chi connectivity index (χ4v) is 2.13. The number of carboxylic acid groups (broad SMARTS) is 1. The minimum Gasteiger partial charge on any atom is -0.481 e. The Balaban J connectivity index is 2.08. The molecule has 0 atom stereocenters. The van der Waals surface area contributed by atoms with Gasteiger partial charge in [0, 0.05) is 24.9 Å². The maximum atomic E-state index is 10.5. The second-order valence-electron chi connectivity index (χ2n) is 4.30. The van der Waals surface area contributed by atoms with Crippen molar-refractivity contribution in [2.45, 2.75) is 38.0 Å². The number of hydrogen-bond donors (Lipinski definition) is 1. The Morgan fingerprint density at radius 2 is 2.31 bits per heavy atom. The highest BCUT2D eigenvalue weighted by molar-refractivity contribution is 6.30. The lowest BCUT2D eigenvalue weighted by Crippen LogP contribution is -1.97. The second-order valence-corrected chi connectivity index (χ2v) is 4.66. The highest BCUT2D eigenvalue weighted by Gasteiger charge is 2.30. The van der Waals surface area contributed by atoms with Gasteiger partial charge in [0.05, 0.1) is 5.69 Å². The standard InChI is InChI=1S/C11H15ClN2O2/c1-14-11(12)8(3-2-4-9(15)16)10(13-14)7-5-6-7/h7H,2-6H2,1H3,(H,15,16). The first kappa shape index (κ1) is 11.5. The molecule has 0 spiro atoms. The monoisotopic (exact) mass is 242 g/mol. The predicted octanol–water partition coefficient (Wildman–Crippen LogP) is 2.36. The third-order valence-electron chi connectivity index (χ3n) is 2.88. The van der Waals surface area contributed by atoms with Crippen molar-refractivity contribution in [3.8, 4) is 0 Å². The fraction of sp³-hybridized carbons (Fsp3) is 0.636. The molecule has 1 fully saturated rings. The number of hydrogen-bond acceptors (Lipinski definition) is 2. The Kier molecular flexibility index (Phi) is 3.19. The molecule has 2 rings (SSSR count). The van der Waals surface area contributed by atoms with Crippen molar-refractivity contribution in [2.24, 2.45) is 7.05 Å². The molecule has 1 aliphatic carbocycles. The van der Waals surface area contributed by atoms with E-state index >= 15 is 0 Å². The van der Waals surface area contributed by atoms with Gasteiger partial charge in [-0.3, -0.25) is 9.48 Å². The molecule has 0 aliphatic heterocycles. The molecule has 0 bridgehead atoms. The third-order valence-corrected chi connectivity index (χ3v) is 3.35. The van der Waals surface area contributed by atoms with Crippen LogP contribution >= 0.6 is 11.6 Å². The lowest BCUT2D eigenvalue weighted by Gasteiger charge is -2.00. The summed E-state index contributed by atoms with van der Waals surface area (Å²) in [5.41, 5.74) is 2.13. The van der Waals surface area contributed by atoms with Crippen LogP contribution in [0.5, 0.6) is 0 Å². The van der Waals surface area contributed by atoms with Crippen molar-refractivity contribution in [3.63, 3.8) is 0 Å². The number of nitrogens with zero attached hydrogens (tertiary/aromatic N) is 2. The van der Waals surface area contributed by atoms with Gasteiger partial charge >= 0.3 is 5.97 Å². The van der Waals surface area contributed by atoms with Crippen molar-refractivity contribution in [1.29, 1.82) is 0 Å². The van der Waals surface area contributed by atoms with Crippen LogP contribution in [0, 0.1) is 0 Å². The summed E-state index contributed by atoms with van der Waals surface area (Å²) in [4.78, 5) is 10.5. The van der Waals surface area contributed by atoms with Gasteiger partial charge in [0.1, 0.15) is 5.15 Å². The summed E-state index contributed by atoms with van der Waals surface area (Å²) < 4.78 is 1.69. The predicted molar refractivity (Wildman–Crippen MR) is 60.8 cm³/mol. The lowest BCUT2D eigenvalue weighted by atomic mass is 10.1. The maximum absolute atomic E-state index is 10.5. The smallest absolute Gasteiger partial charge is 0.303 e. The van der Waals surface area contributed by atoms with Gasteiger partial charge in [-0.1, -0.05) is 11.6 Å². The van der Waals surface area contributed by atoms with Crippen LogP contribution in [0.4, 0.5) is 0 Å². The molecule has 4 nitrogen and oxygen atoms in total. The molecule has 88 valence electrons. The van der Waals surface area contributed by atoms with E-state index in [1.54, 1.807) is 4.68 Å². The highest BCUT2D eigenvalue weighted by atomic mass is 35.5. The summed E-state index contributed by atoms with van der Waals surface area (Å²) >= 11 is 6.15. The Morgan fingerprint density at radius 3 is 2.88 bits per heavy atom. The molecular formula is C11H15ClN2O2. The van der Waals surface area contributed by atoms with Crippen LogP contribution in [0.1, 0.15) is 42.9 Å². The normalized spacial score (nSPS) is 15.4. The van der Waals surface area contributed by atoms with Crippen molar-refractivity contribution in [2.75, 3.05) is 0 Å². The number of aromatic nitrogens is 2. The van der Waals surface area contributed by atoms with E-state index in [9.17, 15) is 4.79 Å². The van der Waals surface area contributed by atoms with Crippen LogP contribution in [-0.2, 0) is 18.3 Å². The fourth-order valence-electron chi connectivity index (χ4n) is 1.90. The summed E-state index contributed by atoms with van der Waals surface area (Å²) in [7, 11) is 1.83. The zero-order valence-corrected chi connectivity index (χ0v) is 10.00. The first-order chi connectivity index (χ1) is 7.59. The third kappa shape index (κ3) is 2.38. The number of aliphatic carboxylic acids is 1. The van der Waals surface area contributed by atoms with Gasteiger partial charge < -0.3 is 5.11 Å². The quantitative estimate of drug-likeness (QED) is 0.862. The topological polar surface area (TPSA) is 55.1 Å². The Labute approximate surface area is 99.2 Å². The van der Waals surface area contributed by atoms with E-state index in [1.165, 1.54) is 12.8 Å². The molecule has 0 saturated heterocycles. The molecule has 1 aromatic heterocycles. The average Bonchev–Trinajstić information content (AvgIpc) is 3.00. The summed E-state index contributed by atoms with van der Waals surface area (Å²) in [5.74, 6) is -0.202. The molecule has 0 radical (unpaired) electrons. The van der Waals surface area contributed by atoms with Crippen molar-refractivity contribution >= 4 is 17.6 Å². The van der Waals surface area contributed by atoms with Gasteiger partial charge in [-0.25, -0.2) is 0 Å². The summed E-state index contributed by atoms with van der Waals surface area (Å²) in [5, 5.41) is 13.7. The maximum Gasteiger partial charge on any atom is 0.303 e. The zero-order chi connectivity index (χ0) is 11.7. The van der Waals surface area contributed by atoms with Crippen LogP contribution in [0.25, 0.3) is 0 Å². The molecule has 1 heterocycles. The minimum atomic E-state index is -0.756. The first-order valence-electron chi connectivity index (χ1n) is 5.52. The van der Waals surface area contributed by atoms with Gasteiger partial charge in [-0.15, -0.1) is 0 Å². The largest absolute Gasteiger partial charge is 0.481 e. The summed E-state index contributed by atoms with van der Waals surface area (Å²) in [6.45, 7) is 0. The number of carboxylic acids is 1. The van der Waals surface area contributed by atoms with Crippen LogP contribution in [0.2, 0.25) is 5.15 Å². The van der Waals surface area contributed by atoms with E-state index in [-0.39, 0.29) is 6.42 Å². The van der Waals surface area contributed by atoms with Crippen LogP contribution in [0.15, 0.2) is 0 Å². The molecule has 0 aromatic carbocycles. The molecular weight excluding hydrogens is 228 g/mol. The van der Waals surface area contributed by atoms with E-state index < -0.39 is 5.97 Å². The van der Waals surface area contributed by atoms with E-state index in [0.29, 0.717) is 23.9 Å². The van der Waals surface area contributed by atoms with Gasteiger partial charge in [-0.2, -0.15) is 5.10 Å². The number of halogens is 1. The summed E-state index contributed by atoms with van der Waals surface area (Å²) in [6, 6.07) is 0. The first-order valence-corrected chi connectivity index (χ1v) is 5.90. The average molecular weight is 243 g/mol.